The van der Waals surface area contributed by atoms with Crippen molar-refractivity contribution in [2.75, 3.05) is 23.5 Å². The summed E-state index contributed by atoms with van der Waals surface area (Å²) in [5.74, 6) is -1.76. The third-order valence-corrected chi connectivity index (χ3v) is 7.32. The molecule has 0 bridgehead atoms. The number of nitrogens with one attached hydrogen (secondary N) is 1. The number of phenols is 1. The average Bonchev–Trinajstić information content (AvgIpc) is 3.32. The molecule has 2 fully saturated rings. The van der Waals surface area contributed by atoms with Crippen LogP contribution in [0.1, 0.15) is 0 Å². The van der Waals surface area contributed by atoms with E-state index in [1.807, 2.05) is 0 Å². The molecule has 4 N–H and O–H groups in total. The average molecular weight is 498 g/mol. The first-order valence-corrected chi connectivity index (χ1v) is 11.1. The Labute approximate surface area is 217 Å². The number of carbonyl (C=O) groups excluding carboxylic acids is 3. The van der Waals surface area contributed by atoms with E-state index in [1.165, 1.54) is 40.9 Å². The first-order valence-electron chi connectivity index (χ1n) is 9.32. The second-order valence-electron chi connectivity index (χ2n) is 7.16. The van der Waals surface area contributed by atoms with Crippen LogP contribution in [0.2, 0.25) is 0 Å². The van der Waals surface area contributed by atoms with E-state index in [1.54, 1.807) is 0 Å². The summed E-state index contributed by atoms with van der Waals surface area (Å²) in [7, 11) is 0. The normalized spacial score (nSPS) is 23.0. The van der Waals surface area contributed by atoms with E-state index in [-0.39, 0.29) is 58.6 Å². The number of nitrogens with two attached hydrogens (primary N) is 1. The van der Waals surface area contributed by atoms with Crippen molar-refractivity contribution in [3.05, 3.63) is 35.5 Å². The van der Waals surface area contributed by atoms with Gasteiger partial charge in [0.1, 0.15) is 24.6 Å². The topological polar surface area (TPSA) is 174 Å². The van der Waals surface area contributed by atoms with Crippen LogP contribution in [0.3, 0.4) is 0 Å². The van der Waals surface area contributed by atoms with Gasteiger partial charge in [-0.25, -0.2) is 4.79 Å². The molecule has 4 heterocycles. The minimum Gasteiger partial charge on any atom is -0.543 e. The number of anilines is 2. The molecule has 2 saturated heterocycles. The minimum atomic E-state index is -1.48. The predicted octanol–water partition coefficient (Wildman–Crippen LogP) is -3.59. The van der Waals surface area contributed by atoms with Crippen LogP contribution < -0.4 is 45.7 Å². The number of aliphatic carboxylic acids is 1. The van der Waals surface area contributed by atoms with Gasteiger partial charge in [0.25, 0.3) is 5.91 Å². The number of nitrogen functional groups attached to an aromatic ring is 1. The summed E-state index contributed by atoms with van der Waals surface area (Å²) in [5, 5.41) is 31.8. The predicted molar refractivity (Wildman–Crippen MR) is 110 cm³/mol. The van der Waals surface area contributed by atoms with E-state index in [0.29, 0.717) is 15.6 Å². The number of carboxylic acids is 1. The second kappa shape index (κ2) is 9.12. The third kappa shape index (κ3) is 4.06. The number of β-lactam (4-membered cyclic amide) rings is 1. The molecule has 3 aliphatic rings. The number of hydrogen-bond donors (Lipinski definition) is 3. The minimum absolute atomic E-state index is 0. The smallest absolute Gasteiger partial charge is 0.543 e. The number of phenolic OH excluding ortho intramolecular Hbond substituents is 1. The van der Waals surface area contributed by atoms with Crippen LogP contribution >= 0.6 is 23.1 Å². The molecule has 15 heteroatoms. The fourth-order valence-corrected chi connectivity index (χ4v) is 5.72. The SMILES string of the molecule is Nc1nnc(SCC2=C(C(=O)[O-])N3C(=O)[C@@H]4[C@H]3C2OCN4C(=O)Nc2ccc(O)cc2)s1.[Na+]. The van der Waals surface area contributed by atoms with E-state index in [0.717, 1.165) is 16.2 Å². The molecule has 166 valence electrons. The molecule has 0 saturated carbocycles. The third-order valence-electron chi connectivity index (χ3n) is 5.39. The summed E-state index contributed by atoms with van der Waals surface area (Å²) in [4.78, 5) is 39.8. The molecule has 12 nitrogen and oxygen atoms in total. The summed E-state index contributed by atoms with van der Waals surface area (Å²) in [5.41, 5.74) is 6.16. The molecule has 1 unspecified atom stereocenters. The van der Waals surface area contributed by atoms with Gasteiger partial charge in [0.05, 0.1) is 17.7 Å². The number of nitrogens with zero attached hydrogens (tertiary/aromatic N) is 4. The van der Waals surface area contributed by atoms with Crippen LogP contribution in [0.15, 0.2) is 39.9 Å². The van der Waals surface area contributed by atoms with Gasteiger partial charge in [-0.2, -0.15) is 0 Å². The van der Waals surface area contributed by atoms with Gasteiger partial charge in [0, 0.05) is 11.4 Å². The summed E-state index contributed by atoms with van der Waals surface area (Å²) < 4.78 is 6.39. The fraction of sp³-hybridized carbons (Fsp3) is 0.278. The Morgan fingerprint density at radius 2 is 2.06 bits per heavy atom. The molecule has 0 radical (unpaired) electrons. The number of carboxylic acid groups (broad SMARTS) is 1. The van der Waals surface area contributed by atoms with Gasteiger partial charge >= 0.3 is 35.6 Å². The number of thioether (sulfide) groups is 1. The quantitative estimate of drug-likeness (QED) is 0.162. The van der Waals surface area contributed by atoms with Crippen LogP contribution in [-0.4, -0.2) is 73.7 Å². The molecule has 1 aromatic heterocycles. The zero-order valence-corrected chi connectivity index (χ0v) is 20.8. The Balaban J connectivity index is 0.00000259. The first kappa shape index (κ1) is 23.8. The molecule has 5 rings (SSSR count). The Kier molecular flexibility index (Phi) is 6.57. The Bertz CT molecular complexity index is 1160. The van der Waals surface area contributed by atoms with E-state index in [9.17, 15) is 24.6 Å². The Morgan fingerprint density at radius 1 is 1.33 bits per heavy atom. The van der Waals surface area contributed by atoms with Gasteiger partial charge in [-0.15, -0.1) is 10.2 Å². The van der Waals surface area contributed by atoms with E-state index < -0.39 is 36.1 Å². The number of ether oxygens (including phenoxy) is 1. The number of benzene rings is 1. The van der Waals surface area contributed by atoms with Crippen molar-refractivity contribution in [1.82, 2.24) is 20.0 Å². The van der Waals surface area contributed by atoms with Crippen molar-refractivity contribution in [3.8, 4) is 5.75 Å². The molecular weight excluding hydrogens is 483 g/mol. The van der Waals surface area contributed by atoms with Crippen molar-refractivity contribution in [3.63, 3.8) is 0 Å². The summed E-state index contributed by atoms with van der Waals surface area (Å²) >= 11 is 2.39. The molecular formula is C18H15N6NaO6S2. The van der Waals surface area contributed by atoms with Crippen molar-refractivity contribution in [2.24, 2.45) is 0 Å². The molecule has 33 heavy (non-hydrogen) atoms. The maximum absolute atomic E-state index is 12.9. The number of aromatic nitrogens is 2. The van der Waals surface area contributed by atoms with Gasteiger partial charge in [-0.1, -0.05) is 23.1 Å². The fourth-order valence-electron chi connectivity index (χ4n) is 4.03. The largest absolute Gasteiger partial charge is 1.00 e. The molecule has 3 aliphatic heterocycles. The Morgan fingerprint density at radius 3 is 2.70 bits per heavy atom. The molecule has 0 spiro atoms. The van der Waals surface area contributed by atoms with Crippen LogP contribution in [0.25, 0.3) is 0 Å². The number of urea groups is 1. The van der Waals surface area contributed by atoms with Gasteiger partial charge in [-0.3, -0.25) is 14.6 Å². The number of aromatic hydroxyl groups is 1. The van der Waals surface area contributed by atoms with Gasteiger partial charge in [0.2, 0.25) is 5.13 Å². The van der Waals surface area contributed by atoms with Crippen molar-refractivity contribution in [1.29, 1.82) is 0 Å². The van der Waals surface area contributed by atoms with Crippen molar-refractivity contribution < 1.29 is 58.9 Å². The van der Waals surface area contributed by atoms with Crippen molar-refractivity contribution >= 4 is 51.8 Å². The van der Waals surface area contributed by atoms with Crippen LogP contribution in [0.5, 0.6) is 5.75 Å². The summed E-state index contributed by atoms with van der Waals surface area (Å²) in [6.07, 6.45) is -0.680. The van der Waals surface area contributed by atoms with Gasteiger partial charge < -0.3 is 30.8 Å². The molecule has 2 aromatic rings. The van der Waals surface area contributed by atoms with E-state index in [2.05, 4.69) is 15.5 Å². The van der Waals surface area contributed by atoms with E-state index in [4.69, 9.17) is 10.5 Å². The maximum atomic E-state index is 12.9. The van der Waals surface area contributed by atoms with Crippen LogP contribution in [0.4, 0.5) is 15.6 Å². The first-order chi connectivity index (χ1) is 15.3. The molecule has 3 atom stereocenters. The number of amides is 3. The van der Waals surface area contributed by atoms with Gasteiger partial charge in [0.15, 0.2) is 4.34 Å². The number of rotatable bonds is 5. The summed E-state index contributed by atoms with van der Waals surface area (Å²) in [6.45, 7) is -0.199. The zero-order valence-electron chi connectivity index (χ0n) is 17.1. The second-order valence-corrected chi connectivity index (χ2v) is 9.39. The van der Waals surface area contributed by atoms with Crippen LogP contribution in [-0.2, 0) is 14.3 Å². The molecule has 0 aliphatic carbocycles. The van der Waals surface area contributed by atoms with E-state index >= 15 is 0 Å². The standard InChI is InChI=1S/C18H16N6O6S2.Na/c19-16-21-22-18(32-16)31-5-9-10(15(27)28)24-11-12(14(24)26)23(6-30-13(9)11)17(29)20-7-1-3-8(25)4-2-7;/h1-4,11-13,25H,5-6H2,(H2,19,21)(H,20,29)(H,27,28);/q;+1/p-1/t11-,12-,13?;/m0./s1. The Hall–Kier alpha value is -2.36. The number of carbonyl (C=O) groups is 3. The van der Waals surface area contributed by atoms with Crippen LogP contribution in [0, 0.1) is 0 Å². The molecule has 3 amide bonds. The maximum Gasteiger partial charge on any atom is 1.00 e. The monoisotopic (exact) mass is 498 g/mol. The summed E-state index contributed by atoms with van der Waals surface area (Å²) in [6, 6.07) is 3.76. The zero-order chi connectivity index (χ0) is 22.6. The number of hydrogen-bond acceptors (Lipinski definition) is 11. The van der Waals surface area contributed by atoms with Crippen molar-refractivity contribution in [2.45, 2.75) is 22.5 Å². The van der Waals surface area contributed by atoms with Gasteiger partial charge in [-0.05, 0) is 29.8 Å². The molecule has 1 aromatic carbocycles.